The summed E-state index contributed by atoms with van der Waals surface area (Å²) in [5.41, 5.74) is 3.71. The average Bonchev–Trinajstić information content (AvgIpc) is 3.52. The van der Waals surface area contributed by atoms with Crippen LogP contribution in [0.1, 0.15) is 40.5 Å². The molecule has 1 amide bonds. The van der Waals surface area contributed by atoms with Gasteiger partial charge in [0.15, 0.2) is 0 Å². The molecule has 2 heterocycles. The van der Waals surface area contributed by atoms with E-state index in [-0.39, 0.29) is 5.91 Å². The van der Waals surface area contributed by atoms with Gasteiger partial charge in [-0.2, -0.15) is 0 Å². The predicted octanol–water partition coefficient (Wildman–Crippen LogP) is 4.09. The van der Waals surface area contributed by atoms with Crippen molar-refractivity contribution in [2.24, 2.45) is 0 Å². The highest BCUT2D eigenvalue weighted by molar-refractivity contribution is 6.31. The van der Waals surface area contributed by atoms with Gasteiger partial charge in [0.1, 0.15) is 5.82 Å². The first kappa shape index (κ1) is 17.7. The molecule has 3 aromatic rings. The Hall–Kier alpha value is -2.37. The van der Waals surface area contributed by atoms with Crippen LogP contribution in [0, 0.1) is 0 Å². The van der Waals surface area contributed by atoms with Crippen LogP contribution in [-0.4, -0.2) is 46.7 Å². The topological polar surface area (TPSA) is 47.4 Å². The van der Waals surface area contributed by atoms with Crippen molar-refractivity contribution in [1.82, 2.24) is 14.5 Å². The predicted molar refractivity (Wildman–Crippen MR) is 109 cm³/mol. The van der Waals surface area contributed by atoms with E-state index in [1.165, 1.54) is 12.8 Å². The average molecular weight is 396 g/mol. The number of aromatic nitrogens is 2. The van der Waals surface area contributed by atoms with Crippen LogP contribution < -0.4 is 0 Å². The van der Waals surface area contributed by atoms with Crippen LogP contribution in [0.5, 0.6) is 0 Å². The second-order valence-corrected chi connectivity index (χ2v) is 7.94. The Balaban J connectivity index is 1.56. The lowest BCUT2D eigenvalue weighted by Gasteiger charge is -2.26. The van der Waals surface area contributed by atoms with E-state index in [4.69, 9.17) is 21.3 Å². The molecular weight excluding hydrogens is 374 g/mol. The lowest BCUT2D eigenvalue weighted by molar-refractivity contribution is 0.0303. The Kier molecular flexibility index (Phi) is 4.57. The van der Waals surface area contributed by atoms with Crippen LogP contribution in [-0.2, 0) is 11.3 Å². The molecule has 28 heavy (non-hydrogen) atoms. The highest BCUT2D eigenvalue weighted by Crippen LogP contribution is 2.41. The third-order valence-electron chi connectivity index (χ3n) is 5.55. The Morgan fingerprint density at radius 2 is 1.93 bits per heavy atom. The Bertz CT molecular complexity index is 1040. The number of rotatable bonds is 4. The lowest BCUT2D eigenvalue weighted by Crippen LogP contribution is -2.40. The summed E-state index contributed by atoms with van der Waals surface area (Å²) in [6.45, 7) is 3.15. The first-order valence-electron chi connectivity index (χ1n) is 9.81. The summed E-state index contributed by atoms with van der Waals surface area (Å²) in [4.78, 5) is 19.7. The van der Waals surface area contributed by atoms with E-state index in [2.05, 4.69) is 4.57 Å². The molecule has 144 valence electrons. The summed E-state index contributed by atoms with van der Waals surface area (Å²) in [6.07, 6.45) is 2.34. The summed E-state index contributed by atoms with van der Waals surface area (Å²) in [5.74, 6) is 1.67. The van der Waals surface area contributed by atoms with E-state index >= 15 is 0 Å². The van der Waals surface area contributed by atoms with Crippen LogP contribution >= 0.6 is 11.6 Å². The maximum Gasteiger partial charge on any atom is 0.254 e. The lowest BCUT2D eigenvalue weighted by atomic mass is 10.1. The molecule has 1 aromatic heterocycles. The SMILES string of the molecule is O=C(c1ccc2nc(C3CC3)n(Cc3ccccc3Cl)c2c1)N1CCOCC1. The van der Waals surface area contributed by atoms with Crippen molar-refractivity contribution in [3.63, 3.8) is 0 Å². The quantitative estimate of drug-likeness (QED) is 0.668. The fourth-order valence-electron chi connectivity index (χ4n) is 3.84. The number of fused-ring (bicyclic) bond motifs is 1. The molecule has 2 fully saturated rings. The van der Waals surface area contributed by atoms with Crippen LogP contribution in [0.15, 0.2) is 42.5 Å². The van der Waals surface area contributed by atoms with Gasteiger partial charge in [-0.25, -0.2) is 4.98 Å². The molecule has 0 unspecified atom stereocenters. The molecule has 1 saturated heterocycles. The van der Waals surface area contributed by atoms with Crippen LogP contribution in [0.25, 0.3) is 11.0 Å². The van der Waals surface area contributed by atoms with Crippen LogP contribution in [0.2, 0.25) is 5.02 Å². The van der Waals surface area contributed by atoms with Crippen molar-refractivity contribution in [2.75, 3.05) is 26.3 Å². The van der Waals surface area contributed by atoms with Gasteiger partial charge in [-0.15, -0.1) is 0 Å². The van der Waals surface area contributed by atoms with E-state index in [1.807, 2.05) is 47.4 Å². The molecule has 0 radical (unpaired) electrons. The van der Waals surface area contributed by atoms with Crippen molar-refractivity contribution in [3.8, 4) is 0 Å². The highest BCUT2D eigenvalue weighted by Gasteiger charge is 2.30. The van der Waals surface area contributed by atoms with Crippen molar-refractivity contribution in [1.29, 1.82) is 0 Å². The standard InChI is InChI=1S/C22H22ClN3O2/c23-18-4-2-1-3-17(18)14-26-20-13-16(22(27)25-9-11-28-12-10-25)7-8-19(20)24-21(26)15-5-6-15/h1-4,7-8,13,15H,5-6,9-12,14H2. The van der Waals surface area contributed by atoms with E-state index in [0.29, 0.717) is 44.3 Å². The third-order valence-corrected chi connectivity index (χ3v) is 5.92. The summed E-state index contributed by atoms with van der Waals surface area (Å²) < 4.78 is 7.61. The van der Waals surface area contributed by atoms with Gasteiger partial charge in [0.25, 0.3) is 5.91 Å². The van der Waals surface area contributed by atoms with Gasteiger partial charge in [-0.3, -0.25) is 4.79 Å². The van der Waals surface area contributed by atoms with Crippen LogP contribution in [0.4, 0.5) is 0 Å². The summed E-state index contributed by atoms with van der Waals surface area (Å²) in [6, 6.07) is 13.8. The number of hydrogen-bond acceptors (Lipinski definition) is 3. The zero-order valence-corrected chi connectivity index (χ0v) is 16.4. The molecule has 0 bridgehead atoms. The molecule has 5 nitrogen and oxygen atoms in total. The minimum atomic E-state index is 0.0589. The molecule has 1 aliphatic carbocycles. The first-order chi connectivity index (χ1) is 13.7. The van der Waals surface area contributed by atoms with Gasteiger partial charge in [-0.1, -0.05) is 29.8 Å². The molecule has 0 spiro atoms. The molecule has 2 aliphatic rings. The number of benzene rings is 2. The van der Waals surface area contributed by atoms with E-state index in [1.54, 1.807) is 0 Å². The molecule has 1 aliphatic heterocycles. The Morgan fingerprint density at radius 3 is 2.68 bits per heavy atom. The van der Waals surface area contributed by atoms with E-state index in [0.717, 1.165) is 27.4 Å². The van der Waals surface area contributed by atoms with Gasteiger partial charge in [0.05, 0.1) is 30.8 Å². The van der Waals surface area contributed by atoms with Gasteiger partial charge >= 0.3 is 0 Å². The van der Waals surface area contributed by atoms with Crippen molar-refractivity contribution in [2.45, 2.75) is 25.3 Å². The minimum absolute atomic E-state index is 0.0589. The number of hydrogen-bond donors (Lipinski definition) is 0. The van der Waals surface area contributed by atoms with Gasteiger partial charge in [0, 0.05) is 29.6 Å². The zero-order chi connectivity index (χ0) is 19.1. The molecular formula is C22H22ClN3O2. The molecule has 0 N–H and O–H groups in total. The summed E-state index contributed by atoms with van der Waals surface area (Å²) in [7, 11) is 0. The number of ether oxygens (including phenoxy) is 1. The zero-order valence-electron chi connectivity index (χ0n) is 15.6. The van der Waals surface area contributed by atoms with Crippen molar-refractivity contribution >= 4 is 28.5 Å². The number of carbonyl (C=O) groups excluding carboxylic acids is 1. The number of amides is 1. The summed E-state index contributed by atoms with van der Waals surface area (Å²) >= 11 is 6.42. The van der Waals surface area contributed by atoms with Gasteiger partial charge in [-0.05, 0) is 42.7 Å². The van der Waals surface area contributed by atoms with Gasteiger partial charge in [0.2, 0.25) is 0 Å². The van der Waals surface area contributed by atoms with Gasteiger partial charge < -0.3 is 14.2 Å². The first-order valence-corrected chi connectivity index (χ1v) is 10.2. The normalized spacial score (nSPS) is 17.2. The molecule has 5 rings (SSSR count). The number of morpholine rings is 1. The fourth-order valence-corrected chi connectivity index (χ4v) is 4.04. The van der Waals surface area contributed by atoms with Crippen LogP contribution in [0.3, 0.4) is 0 Å². The number of carbonyl (C=O) groups is 1. The van der Waals surface area contributed by atoms with Crippen molar-refractivity contribution < 1.29 is 9.53 Å². The number of nitrogens with zero attached hydrogens (tertiary/aromatic N) is 3. The number of imidazole rings is 1. The minimum Gasteiger partial charge on any atom is -0.378 e. The highest BCUT2D eigenvalue weighted by atomic mass is 35.5. The maximum absolute atomic E-state index is 12.9. The monoisotopic (exact) mass is 395 g/mol. The Morgan fingerprint density at radius 1 is 1.14 bits per heavy atom. The smallest absolute Gasteiger partial charge is 0.254 e. The molecule has 6 heteroatoms. The number of halogens is 1. The summed E-state index contributed by atoms with van der Waals surface area (Å²) in [5, 5.41) is 0.756. The largest absolute Gasteiger partial charge is 0.378 e. The van der Waals surface area contributed by atoms with E-state index < -0.39 is 0 Å². The Labute approximate surface area is 168 Å². The van der Waals surface area contributed by atoms with Crippen molar-refractivity contribution in [3.05, 3.63) is 64.4 Å². The third kappa shape index (κ3) is 3.29. The second-order valence-electron chi connectivity index (χ2n) is 7.53. The fraction of sp³-hybridized carbons (Fsp3) is 0.364. The maximum atomic E-state index is 12.9. The second kappa shape index (κ2) is 7.22. The van der Waals surface area contributed by atoms with E-state index in [9.17, 15) is 4.79 Å². The molecule has 1 saturated carbocycles. The molecule has 2 aromatic carbocycles. The molecule has 0 atom stereocenters.